The lowest BCUT2D eigenvalue weighted by Gasteiger charge is -2.60. The Labute approximate surface area is 167 Å². The van der Waals surface area contributed by atoms with E-state index in [4.69, 9.17) is 4.74 Å². The molecule has 0 aliphatic heterocycles. The zero-order chi connectivity index (χ0) is 20.3. The first-order chi connectivity index (χ1) is 13.2. The number of carbonyl (C=O) groups is 2. The maximum Gasteiger partial charge on any atom is 0.336 e. The molecule has 3 saturated carbocycles. The summed E-state index contributed by atoms with van der Waals surface area (Å²) in [6, 6.07) is 0. The van der Waals surface area contributed by atoms with Gasteiger partial charge in [0.2, 0.25) is 0 Å². The van der Waals surface area contributed by atoms with Gasteiger partial charge in [-0.25, -0.2) is 4.79 Å². The molecule has 4 rings (SSSR count). The number of hydrogen-bond acceptors (Lipinski definition) is 4. The molecule has 28 heavy (non-hydrogen) atoms. The van der Waals surface area contributed by atoms with Crippen LogP contribution in [0.5, 0.6) is 0 Å². The summed E-state index contributed by atoms with van der Waals surface area (Å²) in [4.78, 5) is 24.4. The van der Waals surface area contributed by atoms with Gasteiger partial charge in [0, 0.05) is 18.4 Å². The summed E-state index contributed by atoms with van der Waals surface area (Å²) in [6.45, 7) is 6.70. The monoisotopic (exact) mass is 390 g/mol. The molecular weight excluding hydrogens is 356 g/mol. The molecule has 5 heteroatoms. The molecule has 4 aliphatic rings. The lowest BCUT2D eigenvalue weighted by molar-refractivity contribution is -0.208. The molecule has 0 unspecified atom stereocenters. The minimum Gasteiger partial charge on any atom is -0.479 e. The van der Waals surface area contributed by atoms with Gasteiger partial charge in [-0.05, 0) is 74.2 Å². The standard InChI is InChI=1S/C23H34O5/c1-4-11-28-23(20(26)27)10-8-17-16-6-5-14-12-15(24)7-9-21(14,2)19(16)18(25)13-22(17,23)3/h12,16-19,25H,4-11,13H2,1-3H3,(H,26,27)/t16-,17-,18-,19+,21-,22-,23-/m0/s1. The molecule has 4 aliphatic carbocycles. The summed E-state index contributed by atoms with van der Waals surface area (Å²) in [5.74, 6) is -0.0304. The molecule has 0 saturated heterocycles. The molecule has 156 valence electrons. The van der Waals surface area contributed by atoms with E-state index in [9.17, 15) is 19.8 Å². The fourth-order valence-electron chi connectivity index (χ4n) is 7.60. The number of carbonyl (C=O) groups excluding carboxylic acids is 1. The van der Waals surface area contributed by atoms with Crippen LogP contribution in [0.2, 0.25) is 0 Å². The number of fused-ring (bicyclic) bond motifs is 5. The van der Waals surface area contributed by atoms with Gasteiger partial charge in [-0.2, -0.15) is 0 Å². The SMILES string of the molecule is CCCO[C@]1(C(=O)O)CC[C@H]2[C@@H]3CCC4=CC(=O)CC[C@]4(C)[C@H]3[C@@H](O)C[C@@]21C. The number of carboxylic acid groups (broad SMARTS) is 1. The molecule has 0 aromatic heterocycles. The highest BCUT2D eigenvalue weighted by Gasteiger charge is 2.69. The van der Waals surface area contributed by atoms with Gasteiger partial charge in [0.25, 0.3) is 0 Å². The van der Waals surface area contributed by atoms with Crippen LogP contribution in [0.3, 0.4) is 0 Å². The Morgan fingerprint density at radius 2 is 2.00 bits per heavy atom. The van der Waals surface area contributed by atoms with Gasteiger partial charge in [-0.15, -0.1) is 0 Å². The van der Waals surface area contributed by atoms with Crippen molar-refractivity contribution < 1.29 is 24.5 Å². The molecule has 7 atom stereocenters. The Bertz CT molecular complexity index is 714. The van der Waals surface area contributed by atoms with Crippen LogP contribution in [-0.2, 0) is 14.3 Å². The third-order valence-corrected chi connectivity index (χ3v) is 8.91. The average Bonchev–Trinajstić information content (AvgIpc) is 2.93. The average molecular weight is 391 g/mol. The predicted octanol–water partition coefficient (Wildman–Crippen LogP) is 3.74. The molecule has 0 aromatic carbocycles. The Hall–Kier alpha value is -1.20. The van der Waals surface area contributed by atoms with Gasteiger partial charge in [0.05, 0.1) is 6.10 Å². The molecule has 0 bridgehead atoms. The first-order valence-electron chi connectivity index (χ1n) is 11.0. The van der Waals surface area contributed by atoms with E-state index in [0.717, 1.165) is 32.1 Å². The molecule has 0 spiro atoms. The third-order valence-electron chi connectivity index (χ3n) is 8.91. The van der Waals surface area contributed by atoms with E-state index < -0.39 is 23.1 Å². The van der Waals surface area contributed by atoms with Gasteiger partial charge < -0.3 is 14.9 Å². The lowest BCUT2D eigenvalue weighted by atomic mass is 9.45. The van der Waals surface area contributed by atoms with Gasteiger partial charge in [-0.3, -0.25) is 4.79 Å². The Balaban J connectivity index is 1.72. The predicted molar refractivity (Wildman–Crippen MR) is 105 cm³/mol. The topological polar surface area (TPSA) is 83.8 Å². The van der Waals surface area contributed by atoms with E-state index in [-0.39, 0.29) is 29.0 Å². The highest BCUT2D eigenvalue weighted by molar-refractivity contribution is 5.91. The van der Waals surface area contributed by atoms with Crippen LogP contribution in [0.15, 0.2) is 11.6 Å². The molecule has 0 aromatic rings. The van der Waals surface area contributed by atoms with Gasteiger partial charge >= 0.3 is 5.97 Å². The maximum atomic E-state index is 12.4. The minimum atomic E-state index is -1.20. The first-order valence-corrected chi connectivity index (χ1v) is 11.0. The largest absolute Gasteiger partial charge is 0.479 e. The lowest BCUT2D eigenvalue weighted by Crippen LogP contribution is -2.62. The summed E-state index contributed by atoms with van der Waals surface area (Å²) in [7, 11) is 0. The van der Waals surface area contributed by atoms with Crippen molar-refractivity contribution >= 4 is 11.8 Å². The van der Waals surface area contributed by atoms with E-state index in [1.807, 2.05) is 19.9 Å². The Morgan fingerprint density at radius 3 is 2.68 bits per heavy atom. The summed E-state index contributed by atoms with van der Waals surface area (Å²) in [5.41, 5.74) is -0.691. The highest BCUT2D eigenvalue weighted by atomic mass is 16.5. The number of carboxylic acids is 1. The summed E-state index contributed by atoms with van der Waals surface area (Å²) >= 11 is 0. The maximum absolute atomic E-state index is 12.4. The van der Waals surface area contributed by atoms with Gasteiger partial charge in [0.15, 0.2) is 11.4 Å². The van der Waals surface area contributed by atoms with Crippen LogP contribution in [-0.4, -0.2) is 40.3 Å². The molecule has 0 amide bonds. The van der Waals surface area contributed by atoms with Crippen molar-refractivity contribution in [3.63, 3.8) is 0 Å². The number of aliphatic hydroxyl groups excluding tert-OH is 1. The molecular formula is C23H34O5. The number of allylic oxidation sites excluding steroid dienone is 1. The minimum absolute atomic E-state index is 0.106. The van der Waals surface area contributed by atoms with Crippen LogP contribution < -0.4 is 0 Å². The summed E-state index contributed by atoms with van der Waals surface area (Å²) < 4.78 is 6.08. The smallest absolute Gasteiger partial charge is 0.336 e. The van der Waals surface area contributed by atoms with Crippen molar-refractivity contribution in [2.75, 3.05) is 6.61 Å². The second-order valence-electron chi connectivity index (χ2n) is 10.1. The molecule has 3 fully saturated rings. The van der Waals surface area contributed by atoms with Crippen molar-refractivity contribution in [3.05, 3.63) is 11.6 Å². The number of rotatable bonds is 4. The Morgan fingerprint density at radius 1 is 1.25 bits per heavy atom. The number of hydrogen-bond donors (Lipinski definition) is 2. The van der Waals surface area contributed by atoms with Crippen molar-refractivity contribution in [2.45, 2.75) is 83.8 Å². The number of ether oxygens (including phenoxy) is 1. The van der Waals surface area contributed by atoms with E-state index in [1.165, 1.54) is 5.57 Å². The van der Waals surface area contributed by atoms with Crippen LogP contribution >= 0.6 is 0 Å². The normalized spacial score (nSPS) is 47.7. The molecule has 5 nitrogen and oxygen atoms in total. The zero-order valence-electron chi connectivity index (χ0n) is 17.4. The second kappa shape index (κ2) is 6.66. The molecule has 0 radical (unpaired) electrons. The van der Waals surface area contributed by atoms with Crippen molar-refractivity contribution in [3.8, 4) is 0 Å². The Kier molecular flexibility index (Phi) is 4.78. The summed E-state index contributed by atoms with van der Waals surface area (Å²) in [5, 5.41) is 21.6. The van der Waals surface area contributed by atoms with E-state index in [2.05, 4.69) is 6.92 Å². The first kappa shape index (κ1) is 20.1. The van der Waals surface area contributed by atoms with Gasteiger partial charge in [-0.1, -0.05) is 26.3 Å². The highest BCUT2D eigenvalue weighted by Crippen LogP contribution is 2.68. The van der Waals surface area contributed by atoms with E-state index in [1.54, 1.807) is 0 Å². The summed E-state index contributed by atoms with van der Waals surface area (Å²) in [6.07, 6.45) is 7.06. The van der Waals surface area contributed by atoms with Crippen LogP contribution in [0.1, 0.15) is 72.1 Å². The quantitative estimate of drug-likeness (QED) is 0.764. The number of ketones is 1. The van der Waals surface area contributed by atoms with E-state index in [0.29, 0.717) is 25.9 Å². The fourth-order valence-corrected chi connectivity index (χ4v) is 7.60. The van der Waals surface area contributed by atoms with Crippen LogP contribution in [0.4, 0.5) is 0 Å². The molecule has 2 N–H and O–H groups in total. The zero-order valence-corrected chi connectivity index (χ0v) is 17.4. The van der Waals surface area contributed by atoms with Crippen LogP contribution in [0, 0.1) is 28.6 Å². The third kappa shape index (κ3) is 2.51. The van der Waals surface area contributed by atoms with Crippen LogP contribution in [0.25, 0.3) is 0 Å². The van der Waals surface area contributed by atoms with Gasteiger partial charge in [0.1, 0.15) is 0 Å². The van der Waals surface area contributed by atoms with Crippen molar-refractivity contribution in [2.24, 2.45) is 28.6 Å². The number of aliphatic carboxylic acids is 1. The fraction of sp³-hybridized carbons (Fsp3) is 0.826. The second-order valence-corrected chi connectivity index (χ2v) is 10.1. The van der Waals surface area contributed by atoms with Crippen molar-refractivity contribution in [1.29, 1.82) is 0 Å². The molecule has 0 heterocycles. The van der Waals surface area contributed by atoms with Crippen molar-refractivity contribution in [1.82, 2.24) is 0 Å². The van der Waals surface area contributed by atoms with E-state index >= 15 is 0 Å². The number of aliphatic hydroxyl groups is 1.